The highest BCUT2D eigenvalue weighted by Crippen LogP contribution is 2.24. The Hall–Kier alpha value is -3.17. The zero-order chi connectivity index (χ0) is 22.4. The van der Waals surface area contributed by atoms with Gasteiger partial charge in [-0.15, -0.1) is 0 Å². The topological polar surface area (TPSA) is 107 Å². The van der Waals surface area contributed by atoms with E-state index in [-0.39, 0.29) is 29.9 Å². The Morgan fingerprint density at radius 2 is 1.84 bits per heavy atom. The van der Waals surface area contributed by atoms with Gasteiger partial charge in [-0.05, 0) is 48.7 Å². The molecule has 1 aliphatic rings. The molecule has 0 saturated carbocycles. The molecule has 2 aromatic carbocycles. The van der Waals surface area contributed by atoms with Crippen molar-refractivity contribution in [3.63, 3.8) is 0 Å². The van der Waals surface area contributed by atoms with Crippen molar-refractivity contribution in [3.05, 3.63) is 72.8 Å². The molecule has 1 heterocycles. The zero-order valence-corrected chi connectivity index (χ0v) is 17.8. The predicted octanol–water partition coefficient (Wildman–Crippen LogP) is 2.83. The fourth-order valence-electron chi connectivity index (χ4n) is 3.52. The number of carbonyl (C=O) groups excluding carboxylic acids is 1. The number of rotatable bonds is 7. The Balaban J connectivity index is 1.76. The lowest BCUT2D eigenvalue weighted by atomic mass is 10.1. The van der Waals surface area contributed by atoms with E-state index in [0.717, 1.165) is 16.5 Å². The number of hydrogen-bond acceptors (Lipinski definition) is 4. The maximum Gasteiger partial charge on any atom is 0.412 e. The fraction of sp³-hybridized carbons (Fsp3) is 0.273. The first-order valence-electron chi connectivity index (χ1n) is 9.89. The molecule has 0 unspecified atom stereocenters. The molecule has 1 aliphatic heterocycles. The van der Waals surface area contributed by atoms with Crippen LogP contribution >= 0.6 is 0 Å². The van der Waals surface area contributed by atoms with Gasteiger partial charge in [0.15, 0.2) is 0 Å². The van der Waals surface area contributed by atoms with Gasteiger partial charge in [-0.25, -0.2) is 13.2 Å². The summed E-state index contributed by atoms with van der Waals surface area (Å²) in [4.78, 5) is 24.5. The highest BCUT2D eigenvalue weighted by molar-refractivity contribution is 7.89. The Bertz CT molecular complexity index is 1040. The summed E-state index contributed by atoms with van der Waals surface area (Å²) in [6, 6.07) is 14.7. The lowest BCUT2D eigenvalue weighted by molar-refractivity contribution is -0.117. The van der Waals surface area contributed by atoms with E-state index in [1.54, 1.807) is 0 Å². The standard InChI is InChI=1S/C22H25N3O5S/c1-2-21(26)23-18-9-6-14-24(16-18)31(29,30)20-12-10-19(11-13-20)25(22(27)28)15-17-7-4-3-5-8-17/h2-5,7-8,10-13,18H,1,6,9,14-16H2,(H,23,26)(H,27,28)/t18-/m0/s1. The van der Waals surface area contributed by atoms with E-state index < -0.39 is 16.1 Å². The third-order valence-electron chi connectivity index (χ3n) is 5.12. The van der Waals surface area contributed by atoms with Crippen molar-refractivity contribution < 1.29 is 23.1 Å². The third-order valence-corrected chi connectivity index (χ3v) is 7.00. The number of piperidine rings is 1. The van der Waals surface area contributed by atoms with E-state index in [9.17, 15) is 23.1 Å². The van der Waals surface area contributed by atoms with E-state index in [1.807, 2.05) is 30.3 Å². The summed E-state index contributed by atoms with van der Waals surface area (Å²) < 4.78 is 27.5. The minimum absolute atomic E-state index is 0.0806. The van der Waals surface area contributed by atoms with Crippen LogP contribution in [0.5, 0.6) is 0 Å². The summed E-state index contributed by atoms with van der Waals surface area (Å²) in [6.07, 6.45) is 1.35. The molecule has 0 aliphatic carbocycles. The van der Waals surface area contributed by atoms with Crippen LogP contribution in [0.15, 0.2) is 72.1 Å². The number of carboxylic acid groups (broad SMARTS) is 1. The van der Waals surface area contributed by atoms with Crippen molar-refractivity contribution in [3.8, 4) is 0 Å². The minimum Gasteiger partial charge on any atom is -0.465 e. The van der Waals surface area contributed by atoms with Gasteiger partial charge >= 0.3 is 6.09 Å². The van der Waals surface area contributed by atoms with Gasteiger partial charge in [0.25, 0.3) is 0 Å². The summed E-state index contributed by atoms with van der Waals surface area (Å²) >= 11 is 0. The molecule has 0 spiro atoms. The van der Waals surface area contributed by atoms with Gasteiger partial charge in [0, 0.05) is 24.8 Å². The van der Waals surface area contributed by atoms with Crippen molar-refractivity contribution in [2.45, 2.75) is 30.3 Å². The molecule has 8 nitrogen and oxygen atoms in total. The summed E-state index contributed by atoms with van der Waals surface area (Å²) in [7, 11) is -3.77. The van der Waals surface area contributed by atoms with Crippen LogP contribution in [0.1, 0.15) is 18.4 Å². The molecule has 164 valence electrons. The normalized spacial score (nSPS) is 17.0. The first kappa shape index (κ1) is 22.5. The van der Waals surface area contributed by atoms with E-state index in [0.29, 0.717) is 25.1 Å². The van der Waals surface area contributed by atoms with Crippen molar-refractivity contribution in [2.75, 3.05) is 18.0 Å². The lowest BCUT2D eigenvalue weighted by Crippen LogP contribution is -2.49. The third kappa shape index (κ3) is 5.50. The molecule has 2 aromatic rings. The Kier molecular flexibility index (Phi) is 7.09. The second-order valence-electron chi connectivity index (χ2n) is 7.26. The van der Waals surface area contributed by atoms with E-state index >= 15 is 0 Å². The molecule has 9 heteroatoms. The van der Waals surface area contributed by atoms with Gasteiger partial charge in [-0.1, -0.05) is 36.9 Å². The molecule has 2 amide bonds. The summed E-state index contributed by atoms with van der Waals surface area (Å²) in [5.41, 5.74) is 1.20. The molecule has 1 atom stereocenters. The van der Waals surface area contributed by atoms with Gasteiger partial charge in [-0.3, -0.25) is 9.69 Å². The highest BCUT2D eigenvalue weighted by atomic mass is 32.2. The van der Waals surface area contributed by atoms with Crippen LogP contribution in [0.3, 0.4) is 0 Å². The van der Waals surface area contributed by atoms with Crippen LogP contribution in [0, 0.1) is 0 Å². The summed E-state index contributed by atoms with van der Waals surface area (Å²) in [5.74, 6) is -0.333. The van der Waals surface area contributed by atoms with E-state index in [1.165, 1.54) is 28.6 Å². The second-order valence-corrected chi connectivity index (χ2v) is 9.20. The summed E-state index contributed by atoms with van der Waals surface area (Å²) in [5, 5.41) is 12.3. The first-order chi connectivity index (χ1) is 14.8. The number of sulfonamides is 1. The smallest absolute Gasteiger partial charge is 0.412 e. The van der Waals surface area contributed by atoms with Gasteiger partial charge in [0.1, 0.15) is 0 Å². The highest BCUT2D eigenvalue weighted by Gasteiger charge is 2.31. The number of benzene rings is 2. The second kappa shape index (κ2) is 9.76. The first-order valence-corrected chi connectivity index (χ1v) is 11.3. The molecule has 3 rings (SSSR count). The van der Waals surface area contributed by atoms with Crippen LogP contribution in [0.4, 0.5) is 10.5 Å². The average Bonchev–Trinajstić information content (AvgIpc) is 2.78. The van der Waals surface area contributed by atoms with Gasteiger partial charge < -0.3 is 10.4 Å². The zero-order valence-electron chi connectivity index (χ0n) is 17.0. The number of nitrogens with one attached hydrogen (secondary N) is 1. The molecule has 1 saturated heterocycles. The van der Waals surface area contributed by atoms with Crippen LogP contribution in [-0.4, -0.2) is 49.0 Å². The molecule has 0 aromatic heterocycles. The molecule has 31 heavy (non-hydrogen) atoms. The van der Waals surface area contributed by atoms with Gasteiger partial charge in [0.2, 0.25) is 15.9 Å². The maximum absolute atomic E-state index is 13.1. The van der Waals surface area contributed by atoms with E-state index in [4.69, 9.17) is 0 Å². The van der Waals surface area contributed by atoms with E-state index in [2.05, 4.69) is 11.9 Å². The van der Waals surface area contributed by atoms with Crippen LogP contribution in [-0.2, 0) is 21.4 Å². The van der Waals surface area contributed by atoms with Crippen molar-refractivity contribution in [1.82, 2.24) is 9.62 Å². The molecule has 0 radical (unpaired) electrons. The number of hydrogen-bond donors (Lipinski definition) is 2. The SMILES string of the molecule is C=CC(=O)N[C@H]1CCCN(S(=O)(=O)c2ccc(N(Cc3ccccc3)C(=O)O)cc2)C1. The quantitative estimate of drug-likeness (QED) is 0.640. The monoisotopic (exact) mass is 443 g/mol. The molecule has 2 N–H and O–H groups in total. The predicted molar refractivity (Wildman–Crippen MR) is 117 cm³/mol. The van der Waals surface area contributed by atoms with Gasteiger partial charge in [-0.2, -0.15) is 4.31 Å². The lowest BCUT2D eigenvalue weighted by Gasteiger charge is -2.32. The molecule has 0 bridgehead atoms. The molecular weight excluding hydrogens is 418 g/mol. The summed E-state index contributed by atoms with van der Waals surface area (Å²) in [6.45, 7) is 4.11. The van der Waals surface area contributed by atoms with Crippen molar-refractivity contribution in [2.24, 2.45) is 0 Å². The Morgan fingerprint density at radius 3 is 2.45 bits per heavy atom. The van der Waals surface area contributed by atoms with Crippen molar-refractivity contribution >= 4 is 27.7 Å². The molecular formula is C22H25N3O5S. The van der Waals surface area contributed by atoms with Gasteiger partial charge in [0.05, 0.1) is 11.4 Å². The largest absolute Gasteiger partial charge is 0.465 e. The molecule has 1 fully saturated rings. The number of anilines is 1. The number of nitrogens with zero attached hydrogens (tertiary/aromatic N) is 2. The Labute approximate surface area is 181 Å². The maximum atomic E-state index is 13.1. The number of amides is 2. The van der Waals surface area contributed by atoms with Crippen LogP contribution in [0.2, 0.25) is 0 Å². The Morgan fingerprint density at radius 1 is 1.16 bits per heavy atom. The van der Waals surface area contributed by atoms with Crippen LogP contribution in [0.25, 0.3) is 0 Å². The minimum atomic E-state index is -3.77. The number of carbonyl (C=O) groups is 2. The average molecular weight is 444 g/mol. The fourth-order valence-corrected chi connectivity index (χ4v) is 5.04. The van der Waals surface area contributed by atoms with Crippen molar-refractivity contribution in [1.29, 1.82) is 0 Å². The van der Waals surface area contributed by atoms with Crippen LogP contribution < -0.4 is 10.2 Å².